The predicted molar refractivity (Wildman–Crippen MR) is 57.9 cm³/mol. The summed E-state index contributed by atoms with van der Waals surface area (Å²) in [5.41, 5.74) is -0.201. The van der Waals surface area contributed by atoms with Crippen LogP contribution in [-0.4, -0.2) is 27.5 Å². The van der Waals surface area contributed by atoms with Gasteiger partial charge in [0.2, 0.25) is 0 Å². The maximum absolute atomic E-state index is 5.35. The van der Waals surface area contributed by atoms with E-state index in [1.54, 1.807) is 7.11 Å². The van der Waals surface area contributed by atoms with Crippen LogP contribution in [0.4, 0.5) is 0 Å². The van der Waals surface area contributed by atoms with Crippen LogP contribution in [0.1, 0.15) is 26.6 Å². The molecule has 0 aliphatic rings. The smallest absolute Gasteiger partial charge is 0.195 e. The summed E-state index contributed by atoms with van der Waals surface area (Å²) in [4.78, 5) is 0. The fourth-order valence-corrected chi connectivity index (χ4v) is 1.54. The van der Waals surface area contributed by atoms with Gasteiger partial charge in [-0.3, -0.25) is 5.10 Å². The highest BCUT2D eigenvalue weighted by Gasteiger charge is 2.20. The van der Waals surface area contributed by atoms with Crippen molar-refractivity contribution in [3.8, 4) is 0 Å². The Labute approximate surface area is 89.3 Å². The van der Waals surface area contributed by atoms with E-state index in [0.29, 0.717) is 4.77 Å². The normalized spacial score (nSPS) is 12.0. The van der Waals surface area contributed by atoms with Crippen LogP contribution in [0.25, 0.3) is 0 Å². The Morgan fingerprint density at radius 3 is 2.71 bits per heavy atom. The lowest BCUT2D eigenvalue weighted by molar-refractivity contribution is 0.0208. The zero-order chi connectivity index (χ0) is 10.8. The van der Waals surface area contributed by atoms with E-state index < -0.39 is 0 Å². The second-order valence-electron chi connectivity index (χ2n) is 3.83. The molecule has 0 aliphatic heterocycles. The van der Waals surface area contributed by atoms with Gasteiger partial charge in [-0.05, 0) is 33.0 Å². The molecule has 0 spiro atoms. The van der Waals surface area contributed by atoms with Gasteiger partial charge in [-0.2, -0.15) is 5.10 Å². The molecule has 0 radical (unpaired) electrons. The molecule has 80 valence electrons. The topological polar surface area (TPSA) is 42.8 Å². The molecule has 0 bridgehead atoms. The van der Waals surface area contributed by atoms with Gasteiger partial charge in [0, 0.05) is 20.1 Å². The Balaban J connectivity index is 2.92. The van der Waals surface area contributed by atoms with Gasteiger partial charge in [0.05, 0.1) is 5.60 Å². The third-order valence-electron chi connectivity index (χ3n) is 2.29. The van der Waals surface area contributed by atoms with E-state index in [9.17, 15) is 0 Å². The van der Waals surface area contributed by atoms with Crippen LogP contribution in [0.2, 0.25) is 0 Å². The molecular weight excluding hydrogens is 198 g/mol. The Morgan fingerprint density at radius 2 is 2.21 bits per heavy atom. The van der Waals surface area contributed by atoms with Crippen molar-refractivity contribution in [3.05, 3.63) is 10.6 Å². The van der Waals surface area contributed by atoms with E-state index in [1.807, 2.05) is 18.4 Å². The van der Waals surface area contributed by atoms with Crippen molar-refractivity contribution in [2.75, 3.05) is 7.11 Å². The molecule has 0 unspecified atom stereocenters. The third kappa shape index (κ3) is 2.42. The molecule has 14 heavy (non-hydrogen) atoms. The number of hydrogen-bond donors (Lipinski definition) is 1. The van der Waals surface area contributed by atoms with Gasteiger partial charge in [0.25, 0.3) is 0 Å². The number of hydrogen-bond acceptors (Lipinski definition) is 3. The molecule has 5 heteroatoms. The molecule has 0 fully saturated rings. The van der Waals surface area contributed by atoms with Crippen LogP contribution in [0.5, 0.6) is 0 Å². The first-order valence-corrected chi connectivity index (χ1v) is 5.10. The summed E-state index contributed by atoms with van der Waals surface area (Å²) < 4.78 is 8.01. The average molecular weight is 215 g/mol. The van der Waals surface area contributed by atoms with Crippen LogP contribution in [0.3, 0.4) is 0 Å². The molecule has 0 atom stereocenters. The number of aromatic amines is 1. The number of rotatable bonds is 4. The maximum Gasteiger partial charge on any atom is 0.195 e. The van der Waals surface area contributed by atoms with Crippen molar-refractivity contribution >= 4 is 12.2 Å². The van der Waals surface area contributed by atoms with Gasteiger partial charge < -0.3 is 9.30 Å². The number of aromatic nitrogens is 3. The molecule has 1 aromatic rings. The maximum atomic E-state index is 5.35. The third-order valence-corrected chi connectivity index (χ3v) is 2.60. The lowest BCUT2D eigenvalue weighted by Crippen LogP contribution is -2.27. The van der Waals surface area contributed by atoms with Crippen LogP contribution in [0, 0.1) is 4.77 Å². The second-order valence-corrected chi connectivity index (χ2v) is 4.22. The molecule has 0 aromatic carbocycles. The summed E-state index contributed by atoms with van der Waals surface area (Å²) in [5.74, 6) is 0.948. The van der Waals surface area contributed by atoms with Crippen LogP contribution >= 0.6 is 12.2 Å². The van der Waals surface area contributed by atoms with Crippen molar-refractivity contribution < 1.29 is 4.74 Å². The van der Waals surface area contributed by atoms with Gasteiger partial charge in [0.15, 0.2) is 4.77 Å². The molecule has 0 saturated carbocycles. The Morgan fingerprint density at radius 1 is 1.57 bits per heavy atom. The van der Waals surface area contributed by atoms with Crippen LogP contribution in [-0.2, 0) is 17.7 Å². The fraction of sp³-hybridized carbons (Fsp3) is 0.778. The number of ether oxygens (including phenoxy) is 1. The van der Waals surface area contributed by atoms with E-state index in [1.165, 1.54) is 0 Å². The molecule has 4 nitrogen and oxygen atoms in total. The molecule has 1 heterocycles. The molecular formula is C9H17N3OS. The number of methoxy groups -OCH3 is 1. The molecule has 1 aromatic heterocycles. The Kier molecular flexibility index (Phi) is 3.44. The summed E-state index contributed by atoms with van der Waals surface area (Å²) in [6, 6.07) is 0. The first kappa shape index (κ1) is 11.4. The summed E-state index contributed by atoms with van der Waals surface area (Å²) >= 11 is 5.10. The average Bonchev–Trinajstić information content (AvgIpc) is 2.46. The van der Waals surface area contributed by atoms with Gasteiger partial charge in [-0.15, -0.1) is 0 Å². The summed E-state index contributed by atoms with van der Waals surface area (Å²) in [6.07, 6.45) is 0.754. The zero-order valence-electron chi connectivity index (χ0n) is 9.13. The highest BCUT2D eigenvalue weighted by atomic mass is 32.1. The van der Waals surface area contributed by atoms with E-state index in [-0.39, 0.29) is 5.60 Å². The minimum atomic E-state index is -0.201. The highest BCUT2D eigenvalue weighted by molar-refractivity contribution is 7.71. The van der Waals surface area contributed by atoms with Gasteiger partial charge in [-0.25, -0.2) is 0 Å². The molecule has 0 saturated heterocycles. The molecule has 0 amide bonds. The van der Waals surface area contributed by atoms with Crippen molar-refractivity contribution in [1.29, 1.82) is 0 Å². The minimum Gasteiger partial charge on any atom is -0.378 e. The summed E-state index contributed by atoms with van der Waals surface area (Å²) in [5, 5.41) is 6.98. The SMILES string of the molecule is CCn1c(CC(C)(C)OC)n[nH]c1=S. The second kappa shape index (κ2) is 4.23. The lowest BCUT2D eigenvalue weighted by atomic mass is 10.1. The largest absolute Gasteiger partial charge is 0.378 e. The van der Waals surface area contributed by atoms with E-state index in [2.05, 4.69) is 17.1 Å². The lowest BCUT2D eigenvalue weighted by Gasteiger charge is -2.22. The van der Waals surface area contributed by atoms with E-state index >= 15 is 0 Å². The molecule has 1 N–H and O–H groups in total. The number of nitrogens with zero attached hydrogens (tertiary/aromatic N) is 2. The molecule has 1 rings (SSSR count). The number of H-pyrrole nitrogens is 1. The van der Waals surface area contributed by atoms with Crippen molar-refractivity contribution in [3.63, 3.8) is 0 Å². The first-order chi connectivity index (χ1) is 6.50. The monoisotopic (exact) mass is 215 g/mol. The van der Waals surface area contributed by atoms with E-state index in [0.717, 1.165) is 18.8 Å². The quantitative estimate of drug-likeness (QED) is 0.780. The molecule has 0 aliphatic carbocycles. The Hall–Kier alpha value is -0.680. The summed E-state index contributed by atoms with van der Waals surface area (Å²) in [6.45, 7) is 6.95. The van der Waals surface area contributed by atoms with Crippen LogP contribution in [0.15, 0.2) is 0 Å². The van der Waals surface area contributed by atoms with Crippen LogP contribution < -0.4 is 0 Å². The number of nitrogens with one attached hydrogen (secondary N) is 1. The fourth-order valence-electron chi connectivity index (χ4n) is 1.26. The van der Waals surface area contributed by atoms with Crippen molar-refractivity contribution in [1.82, 2.24) is 14.8 Å². The van der Waals surface area contributed by atoms with Gasteiger partial charge in [0.1, 0.15) is 5.82 Å². The standard InChI is InChI=1S/C9H17N3OS/c1-5-12-7(10-11-8(12)14)6-9(2,3)13-4/h5-6H2,1-4H3,(H,11,14). The predicted octanol–water partition coefficient (Wildman–Crippen LogP) is 1.93. The van der Waals surface area contributed by atoms with Gasteiger partial charge >= 0.3 is 0 Å². The van der Waals surface area contributed by atoms with Crippen molar-refractivity contribution in [2.24, 2.45) is 0 Å². The zero-order valence-corrected chi connectivity index (χ0v) is 9.94. The first-order valence-electron chi connectivity index (χ1n) is 4.69. The van der Waals surface area contributed by atoms with E-state index in [4.69, 9.17) is 17.0 Å². The van der Waals surface area contributed by atoms with Gasteiger partial charge in [-0.1, -0.05) is 0 Å². The highest BCUT2D eigenvalue weighted by Crippen LogP contribution is 2.14. The summed E-state index contributed by atoms with van der Waals surface area (Å²) in [7, 11) is 1.71. The minimum absolute atomic E-state index is 0.201. The van der Waals surface area contributed by atoms with Crippen molar-refractivity contribution in [2.45, 2.75) is 39.3 Å². The Bertz CT molecular complexity index is 353.